The van der Waals surface area contributed by atoms with Crippen molar-refractivity contribution in [3.63, 3.8) is 0 Å². The maximum Gasteiger partial charge on any atom is 0.250 e. The number of para-hydroxylation sites is 1. The number of nitrogens with one attached hydrogen (secondary N) is 2. The number of anilines is 4. The second-order valence-electron chi connectivity index (χ2n) is 5.68. The highest BCUT2D eigenvalue weighted by Crippen LogP contribution is 2.22. The maximum atomic E-state index is 11.9. The van der Waals surface area contributed by atoms with E-state index in [2.05, 4.69) is 20.6 Å². The predicted molar refractivity (Wildman–Crippen MR) is 99.3 cm³/mol. The Bertz CT molecular complexity index is 972. The third-order valence-electron chi connectivity index (χ3n) is 3.41. The van der Waals surface area contributed by atoms with E-state index in [1.807, 2.05) is 61.5 Å². The Hall–Kier alpha value is -2.93. The first kappa shape index (κ1) is 16.9. The molecule has 0 aliphatic rings. The van der Waals surface area contributed by atoms with E-state index in [1.54, 1.807) is 6.07 Å². The van der Waals surface area contributed by atoms with E-state index in [-0.39, 0.29) is 5.16 Å². The van der Waals surface area contributed by atoms with Gasteiger partial charge < -0.3 is 10.6 Å². The molecule has 128 valence electrons. The molecule has 1 heterocycles. The second-order valence-corrected chi connectivity index (χ2v) is 7.58. The normalized spacial score (nSPS) is 11.1. The largest absolute Gasteiger partial charge is 0.340 e. The third kappa shape index (κ3) is 4.54. The molecule has 3 rings (SSSR count). The van der Waals surface area contributed by atoms with Gasteiger partial charge in [-0.3, -0.25) is 0 Å². The van der Waals surface area contributed by atoms with E-state index in [9.17, 15) is 8.42 Å². The molecular weight excluding hydrogens is 336 g/mol. The predicted octanol–water partition coefficient (Wildman–Crippen LogP) is 3.68. The van der Waals surface area contributed by atoms with E-state index in [1.165, 1.54) is 0 Å². The van der Waals surface area contributed by atoms with Gasteiger partial charge in [0.25, 0.3) is 5.16 Å². The number of hydrogen-bond donors (Lipinski definition) is 2. The number of nitrogens with zero attached hydrogens (tertiary/aromatic N) is 2. The van der Waals surface area contributed by atoms with Gasteiger partial charge in [0.2, 0.25) is 9.84 Å². The number of rotatable bonds is 5. The molecule has 6 nitrogen and oxygen atoms in total. The lowest BCUT2D eigenvalue weighted by atomic mass is 10.2. The van der Waals surface area contributed by atoms with Crippen LogP contribution in [0.3, 0.4) is 0 Å². The summed E-state index contributed by atoms with van der Waals surface area (Å²) in [7, 11) is -3.54. The molecule has 0 unspecified atom stereocenters. The Morgan fingerprint density at radius 1 is 0.800 bits per heavy atom. The fourth-order valence-corrected chi connectivity index (χ4v) is 2.70. The molecule has 0 spiro atoms. The topological polar surface area (TPSA) is 84.0 Å². The van der Waals surface area contributed by atoms with Crippen LogP contribution in [-0.4, -0.2) is 24.6 Å². The molecule has 0 aliphatic carbocycles. The molecule has 3 aromatic rings. The van der Waals surface area contributed by atoms with Crippen molar-refractivity contribution in [2.45, 2.75) is 12.1 Å². The van der Waals surface area contributed by atoms with Crippen LogP contribution in [-0.2, 0) is 9.84 Å². The summed E-state index contributed by atoms with van der Waals surface area (Å²) in [5.41, 5.74) is 2.76. The number of benzene rings is 2. The summed E-state index contributed by atoms with van der Waals surface area (Å²) in [6.45, 7) is 2.00. The van der Waals surface area contributed by atoms with Gasteiger partial charge >= 0.3 is 0 Å². The zero-order valence-corrected chi connectivity index (χ0v) is 14.7. The average Bonchev–Trinajstić information content (AvgIpc) is 2.57. The molecule has 2 N–H and O–H groups in total. The van der Waals surface area contributed by atoms with Crippen LogP contribution in [0.5, 0.6) is 0 Å². The van der Waals surface area contributed by atoms with Gasteiger partial charge in [-0.15, -0.1) is 0 Å². The lowest BCUT2D eigenvalue weighted by Crippen LogP contribution is -2.08. The number of aromatic nitrogens is 2. The van der Waals surface area contributed by atoms with Crippen LogP contribution in [0.1, 0.15) is 5.56 Å². The lowest BCUT2D eigenvalue weighted by molar-refractivity contribution is 0.593. The average molecular weight is 354 g/mol. The minimum absolute atomic E-state index is 0.233. The molecule has 25 heavy (non-hydrogen) atoms. The van der Waals surface area contributed by atoms with Gasteiger partial charge in [-0.1, -0.05) is 35.9 Å². The molecule has 0 bridgehead atoms. The van der Waals surface area contributed by atoms with Crippen LogP contribution in [0.2, 0.25) is 0 Å². The standard InChI is InChI=1S/C18H18N4O2S/c1-13-8-10-15(11-9-13)20-17-12-16(19-14-6-4-3-5-7-14)21-18(22-17)25(2,23)24/h3-12H,1-2H3,(H2,19,20,21,22). The highest BCUT2D eigenvalue weighted by atomic mass is 32.2. The lowest BCUT2D eigenvalue weighted by Gasteiger charge is -2.11. The Kier molecular flexibility index (Phi) is 4.67. The molecule has 0 atom stereocenters. The highest BCUT2D eigenvalue weighted by molar-refractivity contribution is 7.90. The van der Waals surface area contributed by atoms with Crippen LogP contribution < -0.4 is 10.6 Å². The Morgan fingerprint density at radius 3 is 1.84 bits per heavy atom. The van der Waals surface area contributed by atoms with Crippen LogP contribution in [0.4, 0.5) is 23.0 Å². The summed E-state index contributed by atoms with van der Waals surface area (Å²) in [4.78, 5) is 8.22. The molecule has 1 aromatic heterocycles. The molecule has 0 saturated heterocycles. The molecule has 0 amide bonds. The number of hydrogen-bond acceptors (Lipinski definition) is 6. The third-order valence-corrected chi connectivity index (χ3v) is 4.25. The summed E-state index contributed by atoms with van der Waals surface area (Å²) in [5.74, 6) is 0.800. The van der Waals surface area contributed by atoms with Gasteiger partial charge in [-0.2, -0.15) is 0 Å². The first-order valence-electron chi connectivity index (χ1n) is 7.65. The Morgan fingerprint density at radius 2 is 1.32 bits per heavy atom. The maximum absolute atomic E-state index is 11.9. The Balaban J connectivity index is 1.96. The summed E-state index contributed by atoms with van der Waals surface area (Å²) >= 11 is 0. The summed E-state index contributed by atoms with van der Waals surface area (Å²) < 4.78 is 23.8. The minimum Gasteiger partial charge on any atom is -0.340 e. The first-order chi connectivity index (χ1) is 11.9. The molecule has 0 aliphatic heterocycles. The quantitative estimate of drug-likeness (QED) is 0.680. The Labute approximate surface area is 146 Å². The van der Waals surface area contributed by atoms with Crippen molar-refractivity contribution in [1.82, 2.24) is 9.97 Å². The van der Waals surface area contributed by atoms with E-state index < -0.39 is 9.84 Å². The first-order valence-corrected chi connectivity index (χ1v) is 9.54. The SMILES string of the molecule is Cc1ccc(Nc2cc(Nc3ccccc3)nc(S(C)(=O)=O)n2)cc1. The zero-order valence-electron chi connectivity index (χ0n) is 13.9. The fourth-order valence-electron chi connectivity index (χ4n) is 2.17. The van der Waals surface area contributed by atoms with Crippen molar-refractivity contribution in [2.75, 3.05) is 16.9 Å². The van der Waals surface area contributed by atoms with Crippen molar-refractivity contribution in [2.24, 2.45) is 0 Å². The molecule has 7 heteroatoms. The zero-order chi connectivity index (χ0) is 17.9. The van der Waals surface area contributed by atoms with E-state index in [4.69, 9.17) is 0 Å². The van der Waals surface area contributed by atoms with Gasteiger partial charge in [0.15, 0.2) is 0 Å². The molecule has 0 fully saturated rings. The highest BCUT2D eigenvalue weighted by Gasteiger charge is 2.14. The van der Waals surface area contributed by atoms with Gasteiger partial charge in [0.05, 0.1) is 0 Å². The summed E-state index contributed by atoms with van der Waals surface area (Å²) in [5, 5.41) is 5.98. The molecule has 0 saturated carbocycles. The van der Waals surface area contributed by atoms with Crippen LogP contribution in [0.25, 0.3) is 0 Å². The van der Waals surface area contributed by atoms with Crippen molar-refractivity contribution in [3.8, 4) is 0 Å². The van der Waals surface area contributed by atoms with Crippen LogP contribution >= 0.6 is 0 Å². The van der Waals surface area contributed by atoms with Crippen LogP contribution in [0, 0.1) is 6.92 Å². The molecular formula is C18H18N4O2S. The summed E-state index contributed by atoms with van der Waals surface area (Å²) in [6, 6.07) is 18.8. The van der Waals surface area contributed by atoms with E-state index >= 15 is 0 Å². The van der Waals surface area contributed by atoms with Crippen molar-refractivity contribution >= 4 is 32.8 Å². The van der Waals surface area contributed by atoms with Gasteiger partial charge in [0, 0.05) is 23.7 Å². The minimum atomic E-state index is -3.54. The fraction of sp³-hybridized carbons (Fsp3) is 0.111. The van der Waals surface area contributed by atoms with Crippen LogP contribution in [0.15, 0.2) is 65.8 Å². The van der Waals surface area contributed by atoms with Gasteiger partial charge in [0.1, 0.15) is 11.6 Å². The van der Waals surface area contributed by atoms with E-state index in [0.29, 0.717) is 11.6 Å². The van der Waals surface area contributed by atoms with Crippen molar-refractivity contribution in [3.05, 3.63) is 66.2 Å². The second kappa shape index (κ2) is 6.90. The van der Waals surface area contributed by atoms with Gasteiger partial charge in [-0.05, 0) is 31.2 Å². The molecule has 2 aromatic carbocycles. The van der Waals surface area contributed by atoms with Crippen molar-refractivity contribution in [1.29, 1.82) is 0 Å². The summed E-state index contributed by atoms with van der Waals surface area (Å²) in [6.07, 6.45) is 1.09. The smallest absolute Gasteiger partial charge is 0.250 e. The molecule has 0 radical (unpaired) electrons. The van der Waals surface area contributed by atoms with Gasteiger partial charge in [-0.25, -0.2) is 18.4 Å². The number of aryl methyl sites for hydroxylation is 1. The van der Waals surface area contributed by atoms with E-state index in [0.717, 1.165) is 23.2 Å². The van der Waals surface area contributed by atoms with Crippen molar-refractivity contribution < 1.29 is 8.42 Å². The number of sulfone groups is 1. The monoisotopic (exact) mass is 354 g/mol.